The van der Waals surface area contributed by atoms with Gasteiger partial charge in [-0.2, -0.15) is 0 Å². The maximum atomic E-state index is 5.41. The van der Waals surface area contributed by atoms with E-state index >= 15 is 0 Å². The molecule has 2 nitrogen and oxygen atoms in total. The second-order valence-corrected chi connectivity index (χ2v) is 4.35. The highest BCUT2D eigenvalue weighted by molar-refractivity contribution is 7.18. The van der Waals surface area contributed by atoms with Gasteiger partial charge in [0.2, 0.25) is 0 Å². The van der Waals surface area contributed by atoms with Crippen molar-refractivity contribution >= 4 is 21.6 Å². The Morgan fingerprint density at radius 1 is 1.43 bits per heavy atom. The van der Waals surface area contributed by atoms with Gasteiger partial charge in [-0.15, -0.1) is 11.3 Å². The molecule has 3 heteroatoms. The number of benzene rings is 1. The molecule has 0 aliphatic rings. The lowest BCUT2D eigenvalue weighted by Gasteiger charge is -2.06. The number of nitrogens with zero attached hydrogens (tertiary/aromatic N) is 1. The van der Waals surface area contributed by atoms with Crippen molar-refractivity contribution in [1.29, 1.82) is 0 Å². The van der Waals surface area contributed by atoms with E-state index in [-0.39, 0.29) is 0 Å². The van der Waals surface area contributed by atoms with Crippen molar-refractivity contribution in [3.05, 3.63) is 29.6 Å². The predicted molar refractivity (Wildman–Crippen MR) is 59.9 cm³/mol. The van der Waals surface area contributed by atoms with Crippen molar-refractivity contribution in [2.45, 2.75) is 13.8 Å². The van der Waals surface area contributed by atoms with Gasteiger partial charge in [-0.05, 0) is 32.9 Å². The molecule has 2 rings (SSSR count). The van der Waals surface area contributed by atoms with Crippen LogP contribution in [0.15, 0.2) is 12.1 Å². The highest BCUT2D eigenvalue weighted by Gasteiger charge is 2.07. The summed E-state index contributed by atoms with van der Waals surface area (Å²) in [5.41, 5.74) is 2.16. The van der Waals surface area contributed by atoms with Crippen LogP contribution in [-0.2, 0) is 0 Å². The van der Waals surface area contributed by atoms with Crippen LogP contribution < -0.4 is 4.74 Å². The summed E-state index contributed by atoms with van der Waals surface area (Å²) in [4.78, 5) is 4.47. The number of hydrogen-bond donors (Lipinski definition) is 0. The number of aromatic nitrogens is 1. The second-order valence-electron chi connectivity index (χ2n) is 3.12. The van der Waals surface area contributed by atoms with Gasteiger partial charge in [0.1, 0.15) is 5.75 Å². The first kappa shape index (κ1) is 9.46. The predicted octanol–water partition coefficient (Wildman–Crippen LogP) is 3.13. The Morgan fingerprint density at radius 3 is 2.93 bits per heavy atom. The number of fused-ring (bicyclic) bond motifs is 1. The summed E-state index contributed by atoms with van der Waals surface area (Å²) in [7, 11) is 0. The van der Waals surface area contributed by atoms with Crippen LogP contribution in [0.4, 0.5) is 0 Å². The average Bonchev–Trinajstić information content (AvgIpc) is 2.52. The van der Waals surface area contributed by atoms with Gasteiger partial charge in [-0.1, -0.05) is 0 Å². The third-order valence-electron chi connectivity index (χ3n) is 2.13. The van der Waals surface area contributed by atoms with Crippen molar-refractivity contribution in [2.24, 2.45) is 0 Å². The van der Waals surface area contributed by atoms with Gasteiger partial charge in [0.15, 0.2) is 0 Å². The summed E-state index contributed by atoms with van der Waals surface area (Å²) in [6.07, 6.45) is 0. The van der Waals surface area contributed by atoms with E-state index in [4.69, 9.17) is 4.74 Å². The third kappa shape index (κ3) is 1.48. The zero-order chi connectivity index (χ0) is 10.1. The molecule has 0 aliphatic carbocycles. The normalized spacial score (nSPS) is 10.8. The lowest BCUT2D eigenvalue weighted by atomic mass is 10.2. The van der Waals surface area contributed by atoms with E-state index < -0.39 is 0 Å². The monoisotopic (exact) mass is 206 g/mol. The van der Waals surface area contributed by atoms with Crippen molar-refractivity contribution in [1.82, 2.24) is 4.98 Å². The number of ether oxygens (including phenoxy) is 1. The molecule has 73 valence electrons. The molecule has 0 unspecified atom stereocenters. The molecule has 1 radical (unpaired) electrons. The smallest absolute Gasteiger partial charge is 0.124 e. The van der Waals surface area contributed by atoms with E-state index in [0.29, 0.717) is 6.61 Å². The fourth-order valence-electron chi connectivity index (χ4n) is 1.48. The Kier molecular flexibility index (Phi) is 2.42. The Morgan fingerprint density at radius 2 is 2.21 bits per heavy atom. The Balaban J connectivity index is 2.61. The van der Waals surface area contributed by atoms with E-state index in [1.54, 1.807) is 11.3 Å². The third-order valence-corrected chi connectivity index (χ3v) is 3.06. The zero-order valence-corrected chi connectivity index (χ0v) is 9.15. The first-order chi connectivity index (χ1) is 6.72. The lowest BCUT2D eigenvalue weighted by Crippen LogP contribution is -1.94. The van der Waals surface area contributed by atoms with Crippen molar-refractivity contribution < 1.29 is 4.74 Å². The summed E-state index contributed by atoms with van der Waals surface area (Å²) in [6.45, 7) is 8.18. The zero-order valence-electron chi connectivity index (χ0n) is 8.33. The van der Waals surface area contributed by atoms with E-state index in [1.165, 1.54) is 4.70 Å². The lowest BCUT2D eigenvalue weighted by molar-refractivity contribution is 0.359. The SMILES string of the molecule is [CH2]COc1ccc2sc(C)nc2c1C. The largest absolute Gasteiger partial charge is 0.493 e. The molecule has 14 heavy (non-hydrogen) atoms. The van der Waals surface area contributed by atoms with Crippen molar-refractivity contribution in [2.75, 3.05) is 6.61 Å². The van der Waals surface area contributed by atoms with Crippen LogP contribution in [-0.4, -0.2) is 11.6 Å². The quantitative estimate of drug-likeness (QED) is 0.753. The van der Waals surface area contributed by atoms with E-state index in [0.717, 1.165) is 21.8 Å². The Labute approximate surface area is 87.5 Å². The van der Waals surface area contributed by atoms with Crippen LogP contribution in [0.3, 0.4) is 0 Å². The van der Waals surface area contributed by atoms with E-state index in [2.05, 4.69) is 18.0 Å². The summed E-state index contributed by atoms with van der Waals surface area (Å²) in [6, 6.07) is 4.04. The van der Waals surface area contributed by atoms with Crippen LogP contribution in [0, 0.1) is 20.8 Å². The summed E-state index contributed by atoms with van der Waals surface area (Å²) in [5.74, 6) is 0.887. The molecule has 0 atom stereocenters. The van der Waals surface area contributed by atoms with Crippen LogP contribution in [0.25, 0.3) is 10.2 Å². The molecule has 1 heterocycles. The van der Waals surface area contributed by atoms with Gasteiger partial charge >= 0.3 is 0 Å². The summed E-state index contributed by atoms with van der Waals surface area (Å²) >= 11 is 1.71. The number of thiazole rings is 1. The maximum absolute atomic E-state index is 5.41. The minimum absolute atomic E-state index is 0.454. The molecular weight excluding hydrogens is 194 g/mol. The van der Waals surface area contributed by atoms with Crippen LogP contribution in [0.5, 0.6) is 5.75 Å². The average molecular weight is 206 g/mol. The van der Waals surface area contributed by atoms with Crippen molar-refractivity contribution in [3.8, 4) is 5.75 Å². The summed E-state index contributed by atoms with van der Waals surface area (Å²) < 4.78 is 6.63. The molecule has 2 aromatic rings. The minimum atomic E-state index is 0.454. The van der Waals surface area contributed by atoms with Gasteiger partial charge in [-0.3, -0.25) is 0 Å². The molecule has 0 saturated heterocycles. The molecule has 0 spiro atoms. The first-order valence-electron chi connectivity index (χ1n) is 4.51. The number of aryl methyl sites for hydroxylation is 2. The highest BCUT2D eigenvalue weighted by atomic mass is 32.1. The molecule has 0 aliphatic heterocycles. The molecular formula is C11H12NOS. The Bertz CT molecular complexity index is 462. The van der Waals surface area contributed by atoms with E-state index in [9.17, 15) is 0 Å². The maximum Gasteiger partial charge on any atom is 0.124 e. The topological polar surface area (TPSA) is 22.1 Å². The first-order valence-corrected chi connectivity index (χ1v) is 5.33. The fraction of sp³-hybridized carbons (Fsp3) is 0.273. The molecule has 0 fully saturated rings. The molecule has 0 N–H and O–H groups in total. The van der Waals surface area contributed by atoms with Crippen molar-refractivity contribution in [3.63, 3.8) is 0 Å². The van der Waals surface area contributed by atoms with Gasteiger partial charge in [-0.25, -0.2) is 4.98 Å². The highest BCUT2D eigenvalue weighted by Crippen LogP contribution is 2.30. The molecule has 0 amide bonds. The standard InChI is InChI=1S/C11H12NOS/c1-4-13-9-5-6-10-11(7(9)2)12-8(3)14-10/h5-6H,1,4H2,2-3H3. The van der Waals surface area contributed by atoms with Gasteiger partial charge in [0.05, 0.1) is 21.8 Å². The molecule has 1 aromatic heterocycles. The van der Waals surface area contributed by atoms with Crippen LogP contribution in [0.1, 0.15) is 10.6 Å². The fourth-order valence-corrected chi connectivity index (χ4v) is 2.37. The molecule has 1 aromatic carbocycles. The summed E-state index contributed by atoms with van der Waals surface area (Å²) in [5, 5.41) is 1.09. The van der Waals surface area contributed by atoms with Gasteiger partial charge in [0, 0.05) is 5.56 Å². The minimum Gasteiger partial charge on any atom is -0.493 e. The van der Waals surface area contributed by atoms with Crippen LogP contribution in [0.2, 0.25) is 0 Å². The van der Waals surface area contributed by atoms with Crippen LogP contribution >= 0.6 is 11.3 Å². The second kappa shape index (κ2) is 3.58. The molecule has 0 bridgehead atoms. The number of hydrogen-bond acceptors (Lipinski definition) is 3. The number of rotatable bonds is 2. The van der Waals surface area contributed by atoms with E-state index in [1.807, 2.05) is 19.9 Å². The van der Waals surface area contributed by atoms with Gasteiger partial charge in [0.25, 0.3) is 0 Å². The molecule has 0 saturated carbocycles. The van der Waals surface area contributed by atoms with Gasteiger partial charge < -0.3 is 4.74 Å². The Hall–Kier alpha value is -1.09.